The van der Waals surface area contributed by atoms with Gasteiger partial charge < -0.3 is 20.1 Å². The average Bonchev–Trinajstić information content (AvgIpc) is 3.09. The van der Waals surface area contributed by atoms with Gasteiger partial charge in [-0.15, -0.1) is 35.3 Å². The number of rotatable bonds is 11. The van der Waals surface area contributed by atoms with E-state index in [1.54, 1.807) is 11.3 Å². The number of nitrogens with zero attached hydrogens (tertiary/aromatic N) is 2. The minimum absolute atomic E-state index is 0. The van der Waals surface area contributed by atoms with Crippen molar-refractivity contribution < 1.29 is 9.47 Å². The molecule has 0 radical (unpaired) electrons. The second-order valence-corrected chi connectivity index (χ2v) is 7.25. The molecule has 0 aliphatic carbocycles. The van der Waals surface area contributed by atoms with Crippen LogP contribution in [0.5, 0.6) is 11.5 Å². The van der Waals surface area contributed by atoms with E-state index in [4.69, 9.17) is 9.47 Å². The smallest absolute Gasteiger partial charge is 0.191 e. The Kier molecular flexibility index (Phi) is 12.7. The number of guanidine groups is 1. The van der Waals surface area contributed by atoms with Crippen LogP contribution >= 0.6 is 35.3 Å². The fourth-order valence-corrected chi connectivity index (χ4v) is 3.37. The molecule has 8 heteroatoms. The molecule has 0 saturated carbocycles. The van der Waals surface area contributed by atoms with Gasteiger partial charge in [0.25, 0.3) is 0 Å². The van der Waals surface area contributed by atoms with E-state index < -0.39 is 0 Å². The maximum Gasteiger partial charge on any atom is 0.191 e. The summed E-state index contributed by atoms with van der Waals surface area (Å²) >= 11 is 1.68. The first-order chi connectivity index (χ1) is 13.7. The highest BCUT2D eigenvalue weighted by atomic mass is 127. The van der Waals surface area contributed by atoms with E-state index in [1.165, 1.54) is 5.56 Å². The van der Waals surface area contributed by atoms with Gasteiger partial charge in [0.2, 0.25) is 0 Å². The SMILES string of the molecule is CCNC(=NCCc1csc(C)n1)NCCc1ccc(OCC)c(OCC)c1.I. The average molecular weight is 532 g/mol. The van der Waals surface area contributed by atoms with Gasteiger partial charge in [-0.1, -0.05) is 6.07 Å². The second kappa shape index (κ2) is 14.4. The van der Waals surface area contributed by atoms with E-state index in [2.05, 4.69) is 45.0 Å². The predicted octanol–water partition coefficient (Wildman–Crippen LogP) is 4.21. The molecule has 162 valence electrons. The first-order valence-corrected chi connectivity index (χ1v) is 10.9. The minimum atomic E-state index is 0. The highest BCUT2D eigenvalue weighted by molar-refractivity contribution is 14.0. The third-order valence-corrected chi connectivity index (χ3v) is 4.78. The van der Waals surface area contributed by atoms with Crippen molar-refractivity contribution in [1.82, 2.24) is 15.6 Å². The summed E-state index contributed by atoms with van der Waals surface area (Å²) in [6.45, 7) is 11.7. The summed E-state index contributed by atoms with van der Waals surface area (Å²) in [6, 6.07) is 6.13. The molecule has 0 saturated heterocycles. The molecule has 0 aliphatic rings. The van der Waals surface area contributed by atoms with Gasteiger partial charge in [-0.05, 0) is 51.8 Å². The molecular formula is C21H33IN4O2S. The number of aromatic nitrogens is 1. The lowest BCUT2D eigenvalue weighted by molar-refractivity contribution is 0.287. The van der Waals surface area contributed by atoms with Gasteiger partial charge in [0, 0.05) is 31.4 Å². The molecule has 2 rings (SSSR count). The number of aliphatic imine (C=N–C) groups is 1. The van der Waals surface area contributed by atoms with Crippen molar-refractivity contribution in [1.29, 1.82) is 0 Å². The lowest BCUT2D eigenvalue weighted by Crippen LogP contribution is -2.38. The predicted molar refractivity (Wildman–Crippen MR) is 132 cm³/mol. The molecule has 0 spiro atoms. The van der Waals surface area contributed by atoms with Gasteiger partial charge in [0.05, 0.1) is 23.9 Å². The zero-order valence-electron chi connectivity index (χ0n) is 17.8. The zero-order chi connectivity index (χ0) is 20.2. The second-order valence-electron chi connectivity index (χ2n) is 6.19. The molecule has 1 aromatic heterocycles. The van der Waals surface area contributed by atoms with Gasteiger partial charge in [0.15, 0.2) is 17.5 Å². The highest BCUT2D eigenvalue weighted by Crippen LogP contribution is 2.28. The van der Waals surface area contributed by atoms with Gasteiger partial charge in [0.1, 0.15) is 0 Å². The number of hydrogen-bond donors (Lipinski definition) is 2. The number of hydrogen-bond acceptors (Lipinski definition) is 5. The van der Waals surface area contributed by atoms with Crippen LogP contribution in [0.4, 0.5) is 0 Å². The Hall–Kier alpha value is -1.55. The molecule has 0 aliphatic heterocycles. The third-order valence-electron chi connectivity index (χ3n) is 3.96. The largest absolute Gasteiger partial charge is 0.490 e. The fourth-order valence-electron chi connectivity index (χ4n) is 2.72. The van der Waals surface area contributed by atoms with Crippen molar-refractivity contribution >= 4 is 41.3 Å². The Bertz CT molecular complexity index is 752. The summed E-state index contributed by atoms with van der Waals surface area (Å²) in [4.78, 5) is 9.13. The summed E-state index contributed by atoms with van der Waals surface area (Å²) in [6.07, 6.45) is 1.74. The number of halogens is 1. The van der Waals surface area contributed by atoms with Crippen LogP contribution in [0.25, 0.3) is 0 Å². The molecule has 2 N–H and O–H groups in total. The molecule has 0 atom stereocenters. The molecule has 0 amide bonds. The molecule has 6 nitrogen and oxygen atoms in total. The number of aryl methyl sites for hydroxylation is 1. The Morgan fingerprint density at radius 1 is 1.07 bits per heavy atom. The maximum atomic E-state index is 5.71. The van der Waals surface area contributed by atoms with Crippen LogP contribution in [0.1, 0.15) is 37.0 Å². The molecule has 1 heterocycles. The summed E-state index contributed by atoms with van der Waals surface area (Å²) < 4.78 is 11.3. The Morgan fingerprint density at radius 2 is 1.83 bits per heavy atom. The van der Waals surface area contributed by atoms with Gasteiger partial charge in [-0.25, -0.2) is 4.98 Å². The topological polar surface area (TPSA) is 67.8 Å². The normalized spacial score (nSPS) is 11.0. The number of thiazole rings is 1. The summed E-state index contributed by atoms with van der Waals surface area (Å²) in [7, 11) is 0. The Balaban J connectivity index is 0.00000420. The molecule has 0 bridgehead atoms. The molecular weight excluding hydrogens is 499 g/mol. The van der Waals surface area contributed by atoms with Crippen molar-refractivity contribution in [3.05, 3.63) is 39.8 Å². The minimum Gasteiger partial charge on any atom is -0.490 e. The van der Waals surface area contributed by atoms with Crippen LogP contribution in [0.3, 0.4) is 0 Å². The van der Waals surface area contributed by atoms with E-state index in [-0.39, 0.29) is 24.0 Å². The van der Waals surface area contributed by atoms with E-state index in [9.17, 15) is 0 Å². The lowest BCUT2D eigenvalue weighted by Gasteiger charge is -2.14. The van der Waals surface area contributed by atoms with Gasteiger partial charge in [-0.3, -0.25) is 4.99 Å². The lowest BCUT2D eigenvalue weighted by atomic mass is 10.1. The molecule has 0 unspecified atom stereocenters. The summed E-state index contributed by atoms with van der Waals surface area (Å²) in [5.41, 5.74) is 2.31. The zero-order valence-corrected chi connectivity index (χ0v) is 20.9. The van der Waals surface area contributed by atoms with Crippen molar-refractivity contribution in [2.75, 3.05) is 32.8 Å². The first-order valence-electron chi connectivity index (χ1n) is 9.97. The highest BCUT2D eigenvalue weighted by Gasteiger charge is 2.06. The van der Waals surface area contributed by atoms with Crippen LogP contribution in [-0.2, 0) is 12.8 Å². The van der Waals surface area contributed by atoms with Crippen LogP contribution < -0.4 is 20.1 Å². The van der Waals surface area contributed by atoms with Gasteiger partial charge >= 0.3 is 0 Å². The maximum absolute atomic E-state index is 5.71. The van der Waals surface area contributed by atoms with Gasteiger partial charge in [-0.2, -0.15) is 0 Å². The number of nitrogens with one attached hydrogen (secondary N) is 2. The van der Waals surface area contributed by atoms with Crippen LogP contribution in [0.15, 0.2) is 28.6 Å². The molecule has 1 aromatic carbocycles. The molecule has 29 heavy (non-hydrogen) atoms. The first kappa shape index (κ1) is 25.5. The van der Waals surface area contributed by atoms with Crippen LogP contribution in [0.2, 0.25) is 0 Å². The van der Waals surface area contributed by atoms with Crippen molar-refractivity contribution in [3.63, 3.8) is 0 Å². The molecule has 2 aromatic rings. The summed E-state index contributed by atoms with van der Waals surface area (Å²) in [5.74, 6) is 2.44. The monoisotopic (exact) mass is 532 g/mol. The number of benzene rings is 1. The van der Waals surface area contributed by atoms with E-state index in [1.807, 2.05) is 26.8 Å². The van der Waals surface area contributed by atoms with Crippen LogP contribution in [0, 0.1) is 6.92 Å². The standard InChI is InChI=1S/C21H32N4O2S.HI/c1-5-22-21(24-13-11-18-15-28-16(4)25-18)23-12-10-17-8-9-19(26-6-2)20(14-17)27-7-3;/h8-9,14-15H,5-7,10-13H2,1-4H3,(H2,22,23,24);1H. The van der Waals surface area contributed by atoms with E-state index in [0.717, 1.165) is 60.6 Å². The fraction of sp³-hybridized carbons (Fsp3) is 0.524. The van der Waals surface area contributed by atoms with Crippen molar-refractivity contribution in [3.8, 4) is 11.5 Å². The van der Waals surface area contributed by atoms with Crippen LogP contribution in [-0.4, -0.2) is 43.8 Å². The Labute approximate surface area is 195 Å². The Morgan fingerprint density at radius 3 is 2.48 bits per heavy atom. The van der Waals surface area contributed by atoms with E-state index in [0.29, 0.717) is 13.2 Å². The van der Waals surface area contributed by atoms with Crippen molar-refractivity contribution in [2.24, 2.45) is 4.99 Å². The van der Waals surface area contributed by atoms with E-state index >= 15 is 0 Å². The third kappa shape index (κ3) is 9.20. The quantitative estimate of drug-likeness (QED) is 0.258. The van der Waals surface area contributed by atoms with Crippen molar-refractivity contribution in [2.45, 2.75) is 40.5 Å². The molecule has 0 fully saturated rings. The summed E-state index contributed by atoms with van der Waals surface area (Å²) in [5, 5.41) is 9.90. The number of ether oxygens (including phenoxy) is 2.